The molecule has 0 unspecified atom stereocenters. The molecule has 0 aromatic heterocycles. The fourth-order valence-corrected chi connectivity index (χ4v) is 1.38. The molecule has 0 N–H and O–H groups in total. The highest BCUT2D eigenvalue weighted by Gasteiger charge is 1.98. The number of hydrogen-bond donors (Lipinski definition) is 0. The molecule has 1 nitrogen and oxygen atoms in total. The summed E-state index contributed by atoms with van der Waals surface area (Å²) in [4.78, 5) is 10.6. The topological polar surface area (TPSA) is 17.1 Å². The molecule has 13 heavy (non-hydrogen) atoms. The van der Waals surface area contributed by atoms with Crippen LogP contribution in [0, 0.1) is 6.92 Å². The predicted octanol–water partition coefficient (Wildman–Crippen LogP) is 2.98. The third-order valence-electron chi connectivity index (χ3n) is 2.07. The van der Waals surface area contributed by atoms with Gasteiger partial charge in [0, 0.05) is 11.4 Å². The summed E-state index contributed by atoms with van der Waals surface area (Å²) in [5.41, 5.74) is 3.00. The average molecular weight is 197 g/mol. The molecule has 0 bridgehead atoms. The minimum absolute atomic E-state index is 0.671. The molecule has 1 rings (SSSR count). The zero-order chi connectivity index (χ0) is 9.68. The maximum absolute atomic E-state index is 10.6. The summed E-state index contributed by atoms with van der Waals surface area (Å²) in [7, 11) is 0. The molecule has 0 radical (unpaired) electrons. The van der Waals surface area contributed by atoms with Gasteiger partial charge in [-0.1, -0.05) is 12.1 Å². The average Bonchev–Trinajstić information content (AvgIpc) is 2.16. The van der Waals surface area contributed by atoms with E-state index in [9.17, 15) is 4.79 Å². The Morgan fingerprint density at radius 3 is 2.85 bits per heavy atom. The first kappa shape index (κ1) is 10.3. The number of benzene rings is 1. The van der Waals surface area contributed by atoms with Crippen molar-refractivity contribution in [2.24, 2.45) is 0 Å². The van der Waals surface area contributed by atoms with Crippen molar-refractivity contribution in [3.8, 4) is 0 Å². The molecule has 2 heteroatoms. The normalized spacial score (nSPS) is 10.0. The summed E-state index contributed by atoms with van der Waals surface area (Å²) < 4.78 is 0. The summed E-state index contributed by atoms with van der Waals surface area (Å²) in [5.74, 6) is 0.671. The van der Waals surface area contributed by atoms with Crippen LogP contribution >= 0.6 is 11.6 Å². The summed E-state index contributed by atoms with van der Waals surface area (Å²) in [6.45, 7) is 1.94. The smallest absolute Gasteiger partial charge is 0.150 e. The number of carbonyl (C=O) groups excluding carboxylic acids is 1. The van der Waals surface area contributed by atoms with Crippen molar-refractivity contribution in [2.75, 3.05) is 5.88 Å². The van der Waals surface area contributed by atoms with E-state index in [0.717, 1.165) is 30.3 Å². The van der Waals surface area contributed by atoms with Crippen molar-refractivity contribution in [3.63, 3.8) is 0 Å². The van der Waals surface area contributed by atoms with Crippen molar-refractivity contribution in [1.82, 2.24) is 0 Å². The van der Waals surface area contributed by atoms with Gasteiger partial charge in [-0.05, 0) is 37.0 Å². The van der Waals surface area contributed by atoms with Crippen molar-refractivity contribution in [2.45, 2.75) is 19.8 Å². The van der Waals surface area contributed by atoms with Crippen molar-refractivity contribution < 1.29 is 4.79 Å². The zero-order valence-electron chi connectivity index (χ0n) is 7.72. The first-order valence-corrected chi connectivity index (χ1v) is 4.92. The predicted molar refractivity (Wildman–Crippen MR) is 55.6 cm³/mol. The molecule has 0 atom stereocenters. The third kappa shape index (κ3) is 2.85. The summed E-state index contributed by atoms with van der Waals surface area (Å²) >= 11 is 5.59. The summed E-state index contributed by atoms with van der Waals surface area (Å²) in [6, 6.07) is 5.97. The van der Waals surface area contributed by atoms with Crippen LogP contribution in [0.5, 0.6) is 0 Å². The number of halogens is 1. The minimum atomic E-state index is 0.671. The van der Waals surface area contributed by atoms with Gasteiger partial charge < -0.3 is 0 Å². The van der Waals surface area contributed by atoms with Gasteiger partial charge in [0.15, 0.2) is 0 Å². The SMILES string of the molecule is Cc1ccc(CCCCl)cc1C=O. The van der Waals surface area contributed by atoms with E-state index in [0.29, 0.717) is 5.88 Å². The molecule has 0 spiro atoms. The lowest BCUT2D eigenvalue weighted by atomic mass is 10.0. The van der Waals surface area contributed by atoms with Gasteiger partial charge in [-0.25, -0.2) is 0 Å². The molecule has 0 amide bonds. The van der Waals surface area contributed by atoms with Crippen molar-refractivity contribution in [3.05, 3.63) is 34.9 Å². The lowest BCUT2D eigenvalue weighted by Gasteiger charge is -2.02. The molecular formula is C11H13ClO. The van der Waals surface area contributed by atoms with Crippen LogP contribution in [0.4, 0.5) is 0 Å². The van der Waals surface area contributed by atoms with E-state index < -0.39 is 0 Å². The van der Waals surface area contributed by atoms with E-state index >= 15 is 0 Å². The molecule has 1 aromatic carbocycles. The quantitative estimate of drug-likeness (QED) is 0.535. The number of hydrogen-bond acceptors (Lipinski definition) is 1. The largest absolute Gasteiger partial charge is 0.298 e. The van der Waals surface area contributed by atoms with E-state index in [1.807, 2.05) is 19.1 Å². The first-order chi connectivity index (χ1) is 6.27. The Kier molecular flexibility index (Phi) is 3.97. The van der Waals surface area contributed by atoms with Gasteiger partial charge in [-0.3, -0.25) is 4.79 Å². The summed E-state index contributed by atoms with van der Waals surface area (Å²) in [6.07, 6.45) is 2.81. The Morgan fingerprint density at radius 1 is 1.46 bits per heavy atom. The van der Waals surface area contributed by atoms with Crippen LogP contribution in [0.2, 0.25) is 0 Å². The van der Waals surface area contributed by atoms with E-state index in [-0.39, 0.29) is 0 Å². The van der Waals surface area contributed by atoms with Gasteiger partial charge in [0.25, 0.3) is 0 Å². The molecule has 70 valence electrons. The molecule has 1 aromatic rings. The Hall–Kier alpha value is -0.820. The monoisotopic (exact) mass is 196 g/mol. The maximum Gasteiger partial charge on any atom is 0.150 e. The molecule has 0 saturated heterocycles. The van der Waals surface area contributed by atoms with Gasteiger partial charge in [-0.2, -0.15) is 0 Å². The van der Waals surface area contributed by atoms with Crippen LogP contribution in [0.15, 0.2) is 18.2 Å². The molecular weight excluding hydrogens is 184 g/mol. The number of carbonyl (C=O) groups is 1. The number of alkyl halides is 1. The Bertz CT molecular complexity index is 294. The lowest BCUT2D eigenvalue weighted by Crippen LogP contribution is -1.91. The third-order valence-corrected chi connectivity index (χ3v) is 2.34. The fourth-order valence-electron chi connectivity index (χ4n) is 1.24. The van der Waals surface area contributed by atoms with E-state index in [4.69, 9.17) is 11.6 Å². The molecule has 0 fully saturated rings. The van der Waals surface area contributed by atoms with Crippen LogP contribution in [0.25, 0.3) is 0 Å². The van der Waals surface area contributed by atoms with Gasteiger partial charge in [0.2, 0.25) is 0 Å². The number of rotatable bonds is 4. The van der Waals surface area contributed by atoms with Gasteiger partial charge in [-0.15, -0.1) is 11.6 Å². The second-order valence-corrected chi connectivity index (χ2v) is 3.48. The van der Waals surface area contributed by atoms with Crippen LogP contribution in [-0.4, -0.2) is 12.2 Å². The maximum atomic E-state index is 10.6. The van der Waals surface area contributed by atoms with E-state index in [1.165, 1.54) is 5.56 Å². The van der Waals surface area contributed by atoms with E-state index in [2.05, 4.69) is 6.07 Å². The molecule has 0 aliphatic rings. The van der Waals surface area contributed by atoms with Gasteiger partial charge in [0.05, 0.1) is 0 Å². The number of aryl methyl sites for hydroxylation is 2. The highest BCUT2D eigenvalue weighted by atomic mass is 35.5. The van der Waals surface area contributed by atoms with Crippen molar-refractivity contribution >= 4 is 17.9 Å². The molecule has 0 aliphatic heterocycles. The number of aldehydes is 1. The fraction of sp³-hybridized carbons (Fsp3) is 0.364. The highest BCUT2D eigenvalue weighted by molar-refractivity contribution is 6.17. The minimum Gasteiger partial charge on any atom is -0.298 e. The van der Waals surface area contributed by atoms with Crippen LogP contribution in [0.3, 0.4) is 0 Å². The molecule has 0 saturated carbocycles. The van der Waals surface area contributed by atoms with Crippen LogP contribution in [-0.2, 0) is 6.42 Å². The Morgan fingerprint density at radius 2 is 2.23 bits per heavy atom. The molecule has 0 aliphatic carbocycles. The zero-order valence-corrected chi connectivity index (χ0v) is 8.47. The van der Waals surface area contributed by atoms with Crippen LogP contribution in [0.1, 0.15) is 27.9 Å². The van der Waals surface area contributed by atoms with Gasteiger partial charge >= 0.3 is 0 Å². The highest BCUT2D eigenvalue weighted by Crippen LogP contribution is 2.11. The van der Waals surface area contributed by atoms with Gasteiger partial charge in [0.1, 0.15) is 6.29 Å². The summed E-state index contributed by atoms with van der Waals surface area (Å²) in [5, 5.41) is 0. The molecule has 0 heterocycles. The second kappa shape index (κ2) is 5.03. The Labute approximate surface area is 83.7 Å². The Balaban J connectivity index is 2.80. The van der Waals surface area contributed by atoms with E-state index in [1.54, 1.807) is 0 Å². The lowest BCUT2D eigenvalue weighted by molar-refractivity contribution is 0.112. The standard InChI is InChI=1S/C11H13ClO/c1-9-4-5-10(3-2-6-12)7-11(9)8-13/h4-5,7-8H,2-3,6H2,1H3. The van der Waals surface area contributed by atoms with Crippen LogP contribution < -0.4 is 0 Å². The first-order valence-electron chi connectivity index (χ1n) is 4.38. The van der Waals surface area contributed by atoms with Crippen molar-refractivity contribution in [1.29, 1.82) is 0 Å². The second-order valence-electron chi connectivity index (χ2n) is 3.10.